The van der Waals surface area contributed by atoms with Crippen LogP contribution in [-0.4, -0.2) is 33.9 Å². The molecule has 5 heteroatoms. The van der Waals surface area contributed by atoms with Crippen molar-refractivity contribution in [2.75, 3.05) is 13.1 Å². The number of nitrogens with zero attached hydrogens (tertiary/aromatic N) is 3. The van der Waals surface area contributed by atoms with Crippen molar-refractivity contribution in [1.29, 1.82) is 0 Å². The zero-order valence-electron chi connectivity index (χ0n) is 13.5. The minimum atomic E-state index is 0.111. The molecule has 1 saturated heterocycles. The minimum absolute atomic E-state index is 0.111. The number of ether oxygens (including phenoxy) is 1. The van der Waals surface area contributed by atoms with Crippen LogP contribution in [0.3, 0.4) is 0 Å². The van der Waals surface area contributed by atoms with Gasteiger partial charge in [-0.1, -0.05) is 18.2 Å². The number of hydrogen-bond donors (Lipinski definition) is 0. The van der Waals surface area contributed by atoms with Crippen molar-refractivity contribution in [3.05, 3.63) is 47.9 Å². The molecule has 0 aliphatic carbocycles. The van der Waals surface area contributed by atoms with Crippen molar-refractivity contribution in [2.45, 2.75) is 32.6 Å². The molecular weight excluding hydrogens is 290 g/mol. The molecule has 1 aliphatic heterocycles. The van der Waals surface area contributed by atoms with Gasteiger partial charge in [0.25, 0.3) is 0 Å². The minimum Gasteiger partial charge on any atom is -0.437 e. The Morgan fingerprint density at radius 3 is 2.83 bits per heavy atom. The van der Waals surface area contributed by atoms with Gasteiger partial charge in [0.15, 0.2) is 0 Å². The van der Waals surface area contributed by atoms with Crippen molar-refractivity contribution in [2.24, 2.45) is 0 Å². The Labute approximate surface area is 136 Å². The zero-order chi connectivity index (χ0) is 16.2. The first-order valence-corrected chi connectivity index (χ1v) is 7.95. The molecular formula is C18H21N3O2. The first-order chi connectivity index (χ1) is 11.1. The lowest BCUT2D eigenvalue weighted by Crippen LogP contribution is -2.38. The number of hydrogen-bond acceptors (Lipinski definition) is 4. The molecule has 1 aliphatic rings. The molecule has 0 radical (unpaired) electrons. The average molecular weight is 311 g/mol. The quantitative estimate of drug-likeness (QED) is 0.872. The molecule has 2 aromatic rings. The van der Waals surface area contributed by atoms with E-state index < -0.39 is 0 Å². The van der Waals surface area contributed by atoms with Crippen LogP contribution in [0.1, 0.15) is 36.9 Å². The summed E-state index contributed by atoms with van der Waals surface area (Å²) in [7, 11) is 0. The van der Waals surface area contributed by atoms with E-state index in [1.807, 2.05) is 36.1 Å². The van der Waals surface area contributed by atoms with Gasteiger partial charge in [0, 0.05) is 38.3 Å². The molecule has 1 atom stereocenters. The monoisotopic (exact) mass is 311 g/mol. The first kappa shape index (κ1) is 15.5. The lowest BCUT2D eigenvalue weighted by Gasteiger charge is -2.32. The molecule has 2 heterocycles. The van der Waals surface area contributed by atoms with Crippen LogP contribution in [0.15, 0.2) is 36.7 Å². The molecule has 0 spiro atoms. The lowest BCUT2D eigenvalue weighted by atomic mass is 9.94. The fourth-order valence-electron chi connectivity index (χ4n) is 2.96. The SMILES string of the molecule is CC(=O)N1CCCC(c2nccnc2Oc2ccccc2C)C1. The van der Waals surface area contributed by atoms with Crippen LogP contribution in [0.4, 0.5) is 0 Å². The standard InChI is InChI=1S/C18H21N3O2/c1-13-6-3-4-8-16(13)23-18-17(19-9-10-20-18)15-7-5-11-21(12-15)14(2)22/h3-4,6,8-10,15H,5,7,11-12H2,1-2H3. The second-order valence-corrected chi connectivity index (χ2v) is 5.92. The van der Waals surface area contributed by atoms with Gasteiger partial charge in [0.2, 0.25) is 11.8 Å². The summed E-state index contributed by atoms with van der Waals surface area (Å²) < 4.78 is 6.01. The predicted molar refractivity (Wildman–Crippen MR) is 87.5 cm³/mol. The highest BCUT2D eigenvalue weighted by Gasteiger charge is 2.27. The molecule has 1 amide bonds. The Balaban J connectivity index is 1.86. The summed E-state index contributed by atoms with van der Waals surface area (Å²) in [6, 6.07) is 7.85. The van der Waals surface area contributed by atoms with Crippen LogP contribution >= 0.6 is 0 Å². The van der Waals surface area contributed by atoms with E-state index in [1.165, 1.54) is 0 Å². The fourth-order valence-corrected chi connectivity index (χ4v) is 2.96. The van der Waals surface area contributed by atoms with Gasteiger partial charge in [0.1, 0.15) is 11.4 Å². The highest BCUT2D eigenvalue weighted by atomic mass is 16.5. The van der Waals surface area contributed by atoms with Crippen molar-refractivity contribution < 1.29 is 9.53 Å². The summed E-state index contributed by atoms with van der Waals surface area (Å²) in [5.41, 5.74) is 1.89. The summed E-state index contributed by atoms with van der Waals surface area (Å²) >= 11 is 0. The van der Waals surface area contributed by atoms with E-state index in [-0.39, 0.29) is 11.8 Å². The Morgan fingerprint density at radius 1 is 1.26 bits per heavy atom. The molecule has 0 N–H and O–H groups in total. The third kappa shape index (κ3) is 3.50. The molecule has 120 valence electrons. The zero-order valence-corrected chi connectivity index (χ0v) is 13.5. The van der Waals surface area contributed by atoms with Gasteiger partial charge >= 0.3 is 0 Å². The molecule has 5 nitrogen and oxygen atoms in total. The topological polar surface area (TPSA) is 55.3 Å². The average Bonchev–Trinajstić information content (AvgIpc) is 2.57. The normalized spacial score (nSPS) is 17.8. The number of rotatable bonds is 3. The number of aryl methyl sites for hydroxylation is 1. The number of carbonyl (C=O) groups excluding carboxylic acids is 1. The van der Waals surface area contributed by atoms with E-state index in [2.05, 4.69) is 9.97 Å². The molecule has 1 unspecified atom stereocenters. The van der Waals surface area contributed by atoms with E-state index in [0.29, 0.717) is 12.4 Å². The van der Waals surface area contributed by atoms with Crippen LogP contribution in [-0.2, 0) is 4.79 Å². The third-order valence-corrected chi connectivity index (χ3v) is 4.24. The van der Waals surface area contributed by atoms with Crippen molar-refractivity contribution in [3.63, 3.8) is 0 Å². The molecule has 0 saturated carbocycles. The van der Waals surface area contributed by atoms with Crippen LogP contribution in [0.25, 0.3) is 0 Å². The number of benzene rings is 1. The number of piperidine rings is 1. The summed E-state index contributed by atoms with van der Waals surface area (Å²) in [5, 5.41) is 0. The first-order valence-electron chi connectivity index (χ1n) is 7.95. The number of para-hydroxylation sites is 1. The van der Waals surface area contributed by atoms with Crippen LogP contribution in [0.2, 0.25) is 0 Å². The summed E-state index contributed by atoms with van der Waals surface area (Å²) in [4.78, 5) is 22.4. The number of aromatic nitrogens is 2. The number of carbonyl (C=O) groups is 1. The van der Waals surface area contributed by atoms with Gasteiger partial charge in [-0.2, -0.15) is 0 Å². The maximum absolute atomic E-state index is 11.7. The smallest absolute Gasteiger partial charge is 0.241 e. The number of amides is 1. The van der Waals surface area contributed by atoms with Crippen molar-refractivity contribution in [1.82, 2.24) is 14.9 Å². The van der Waals surface area contributed by atoms with Crippen LogP contribution in [0.5, 0.6) is 11.6 Å². The third-order valence-electron chi connectivity index (χ3n) is 4.24. The highest BCUT2D eigenvalue weighted by Crippen LogP contribution is 2.33. The summed E-state index contributed by atoms with van der Waals surface area (Å²) in [6.45, 7) is 5.12. The maximum atomic E-state index is 11.7. The van der Waals surface area contributed by atoms with Crippen LogP contribution < -0.4 is 4.74 Å². The Hall–Kier alpha value is -2.43. The Kier molecular flexibility index (Phi) is 4.55. The second kappa shape index (κ2) is 6.77. The molecule has 0 bridgehead atoms. The van der Waals surface area contributed by atoms with Gasteiger partial charge in [-0.15, -0.1) is 0 Å². The molecule has 1 fully saturated rings. The molecule has 23 heavy (non-hydrogen) atoms. The van der Waals surface area contributed by atoms with E-state index in [1.54, 1.807) is 19.3 Å². The fraction of sp³-hybridized carbons (Fsp3) is 0.389. The lowest BCUT2D eigenvalue weighted by molar-refractivity contribution is -0.130. The van der Waals surface area contributed by atoms with Gasteiger partial charge in [-0.25, -0.2) is 4.98 Å². The van der Waals surface area contributed by atoms with Crippen LogP contribution in [0, 0.1) is 6.92 Å². The number of likely N-dealkylation sites (tertiary alicyclic amines) is 1. The van der Waals surface area contributed by atoms with Crippen molar-refractivity contribution in [3.8, 4) is 11.6 Å². The van der Waals surface area contributed by atoms with Gasteiger partial charge in [0.05, 0.1) is 0 Å². The highest BCUT2D eigenvalue weighted by molar-refractivity contribution is 5.73. The van der Waals surface area contributed by atoms with Gasteiger partial charge < -0.3 is 9.64 Å². The van der Waals surface area contributed by atoms with Gasteiger partial charge in [-0.05, 0) is 31.4 Å². The molecule has 1 aromatic heterocycles. The van der Waals surface area contributed by atoms with E-state index in [9.17, 15) is 4.79 Å². The largest absolute Gasteiger partial charge is 0.437 e. The van der Waals surface area contributed by atoms with E-state index >= 15 is 0 Å². The Bertz CT molecular complexity index is 702. The molecule has 1 aromatic carbocycles. The predicted octanol–water partition coefficient (Wildman–Crippen LogP) is 3.30. The Morgan fingerprint density at radius 2 is 2.04 bits per heavy atom. The summed E-state index contributed by atoms with van der Waals surface area (Å²) in [5.74, 6) is 1.60. The molecule has 3 rings (SSSR count). The summed E-state index contributed by atoms with van der Waals surface area (Å²) in [6.07, 6.45) is 5.30. The maximum Gasteiger partial charge on any atom is 0.241 e. The van der Waals surface area contributed by atoms with E-state index in [4.69, 9.17) is 4.74 Å². The second-order valence-electron chi connectivity index (χ2n) is 5.92. The van der Waals surface area contributed by atoms with Gasteiger partial charge in [-0.3, -0.25) is 9.78 Å². The van der Waals surface area contributed by atoms with E-state index in [0.717, 1.165) is 36.4 Å². The van der Waals surface area contributed by atoms with Crippen molar-refractivity contribution >= 4 is 5.91 Å².